The van der Waals surface area contributed by atoms with E-state index in [2.05, 4.69) is 10.2 Å². The molecule has 1 saturated heterocycles. The van der Waals surface area contributed by atoms with Crippen molar-refractivity contribution in [2.75, 3.05) is 43.9 Å². The Morgan fingerprint density at radius 2 is 1.64 bits per heavy atom. The first-order valence-corrected chi connectivity index (χ1v) is 14.0. The van der Waals surface area contributed by atoms with Crippen LogP contribution in [0.4, 0.5) is 5.69 Å². The van der Waals surface area contributed by atoms with E-state index in [1.807, 2.05) is 54.6 Å². The molecule has 1 aliphatic rings. The lowest BCUT2D eigenvalue weighted by atomic mass is 10.1. The number of nitrogens with one attached hydrogen (secondary N) is 1. The highest BCUT2D eigenvalue weighted by Gasteiger charge is 2.32. The van der Waals surface area contributed by atoms with Gasteiger partial charge in [-0.15, -0.1) is 0 Å². The van der Waals surface area contributed by atoms with Gasteiger partial charge < -0.3 is 25.6 Å². The molecule has 0 aromatic heterocycles. The molecule has 2 aromatic rings. The highest BCUT2D eigenvalue weighted by molar-refractivity contribution is 7.89. The van der Waals surface area contributed by atoms with E-state index in [1.54, 1.807) is 18.7 Å². The maximum Gasteiger partial charge on any atom is 0.247 e. The van der Waals surface area contributed by atoms with Crippen molar-refractivity contribution in [2.45, 2.75) is 37.8 Å². The number of para-hydroxylation sites is 1. The molecule has 0 saturated carbocycles. The molecule has 1 atom stereocenters. The van der Waals surface area contributed by atoms with Crippen LogP contribution >= 0.6 is 0 Å². The largest absolute Gasteiger partial charge is 0.374 e. The molecule has 1 fully saturated rings. The van der Waals surface area contributed by atoms with Gasteiger partial charge in [-0.1, -0.05) is 48.5 Å². The highest BCUT2D eigenvalue weighted by Crippen LogP contribution is 2.24. The number of piperazine rings is 1. The number of nitrogens with two attached hydrogens (primary N) is 1. The summed E-state index contributed by atoms with van der Waals surface area (Å²) < 4.78 is 29.5. The molecule has 0 bridgehead atoms. The first kappa shape index (κ1) is 27.6. The zero-order valence-electron chi connectivity index (χ0n) is 21.1. The van der Waals surface area contributed by atoms with Crippen LogP contribution in [0.3, 0.4) is 0 Å². The van der Waals surface area contributed by atoms with Gasteiger partial charge in [0.15, 0.2) is 9.84 Å². The number of benzene rings is 2. The molecule has 36 heavy (non-hydrogen) atoms. The molecule has 0 aliphatic carbocycles. The fourth-order valence-corrected chi connectivity index (χ4v) is 4.81. The van der Waals surface area contributed by atoms with Crippen molar-refractivity contribution in [3.8, 4) is 0 Å². The number of sulfone groups is 1. The van der Waals surface area contributed by atoms with Crippen molar-refractivity contribution in [1.29, 1.82) is 0 Å². The summed E-state index contributed by atoms with van der Waals surface area (Å²) in [6.07, 6.45) is 1.22. The molecule has 0 unspecified atom stereocenters. The van der Waals surface area contributed by atoms with E-state index >= 15 is 0 Å². The van der Waals surface area contributed by atoms with Crippen LogP contribution in [-0.4, -0.2) is 75.8 Å². The number of carbonyl (C=O) groups excluding carboxylic acids is 2. The second-order valence-corrected chi connectivity index (χ2v) is 11.9. The number of hydrogen-bond acceptors (Lipinski definition) is 7. The van der Waals surface area contributed by atoms with E-state index in [4.69, 9.17) is 10.5 Å². The van der Waals surface area contributed by atoms with Crippen LogP contribution in [0.15, 0.2) is 54.6 Å². The second-order valence-electron chi connectivity index (χ2n) is 9.76. The maximum atomic E-state index is 13.4. The minimum Gasteiger partial charge on any atom is -0.374 e. The zero-order valence-corrected chi connectivity index (χ0v) is 22.0. The Labute approximate surface area is 213 Å². The molecule has 196 valence electrons. The molecule has 2 aromatic carbocycles. The molecule has 10 heteroatoms. The zero-order chi connectivity index (χ0) is 26.3. The van der Waals surface area contributed by atoms with Crippen molar-refractivity contribution >= 4 is 27.3 Å². The first-order chi connectivity index (χ1) is 16.9. The van der Waals surface area contributed by atoms with Gasteiger partial charge in [0.2, 0.25) is 11.8 Å². The van der Waals surface area contributed by atoms with E-state index in [9.17, 15) is 18.0 Å². The number of hydrogen-bond donors (Lipinski definition) is 2. The topological polar surface area (TPSA) is 122 Å². The smallest absolute Gasteiger partial charge is 0.247 e. The predicted octanol–water partition coefficient (Wildman–Crippen LogP) is 1.32. The van der Waals surface area contributed by atoms with Crippen LogP contribution in [0.1, 0.15) is 25.0 Å². The molecule has 1 aliphatic heterocycles. The standard InChI is InChI=1S/C26H36N4O5S/c1-26(2,27)25(32)28-22(18-35-17-20-9-5-4-6-10-20)24(31)30-15-13-29(14-16-30)23-12-8-7-11-21(23)19-36(3,33)34/h4-12,22H,13-19,27H2,1-3H3,(H,28,32)/t22-/m1/s1. The van der Waals surface area contributed by atoms with E-state index in [0.29, 0.717) is 32.8 Å². The summed E-state index contributed by atoms with van der Waals surface area (Å²) in [5.74, 6) is -0.702. The predicted molar refractivity (Wildman–Crippen MR) is 140 cm³/mol. The van der Waals surface area contributed by atoms with E-state index in [1.165, 1.54) is 6.26 Å². The number of ether oxygens (including phenoxy) is 1. The van der Waals surface area contributed by atoms with Crippen molar-refractivity contribution in [3.05, 3.63) is 65.7 Å². The van der Waals surface area contributed by atoms with Crippen LogP contribution < -0.4 is 16.0 Å². The summed E-state index contributed by atoms with van der Waals surface area (Å²) in [5, 5.41) is 2.76. The summed E-state index contributed by atoms with van der Waals surface area (Å²) >= 11 is 0. The minimum atomic E-state index is -3.18. The lowest BCUT2D eigenvalue weighted by Gasteiger charge is -2.38. The minimum absolute atomic E-state index is 0.0208. The van der Waals surface area contributed by atoms with Crippen LogP contribution in [0.5, 0.6) is 0 Å². The number of amides is 2. The van der Waals surface area contributed by atoms with E-state index in [-0.39, 0.29) is 18.3 Å². The number of carbonyl (C=O) groups is 2. The lowest BCUT2D eigenvalue weighted by Crippen LogP contribution is -2.60. The van der Waals surface area contributed by atoms with Gasteiger partial charge in [-0.3, -0.25) is 9.59 Å². The third-order valence-corrected chi connectivity index (χ3v) is 6.76. The molecule has 2 amide bonds. The van der Waals surface area contributed by atoms with Crippen molar-refractivity contribution < 1.29 is 22.7 Å². The number of anilines is 1. The third kappa shape index (κ3) is 8.04. The SMILES string of the molecule is CC(C)(N)C(=O)N[C@H](COCc1ccccc1)C(=O)N1CCN(c2ccccc2CS(C)(=O)=O)CC1. The first-order valence-electron chi connectivity index (χ1n) is 11.9. The van der Waals surface area contributed by atoms with Crippen LogP contribution in [-0.2, 0) is 36.5 Å². The quantitative estimate of drug-likeness (QED) is 0.488. The average Bonchev–Trinajstić information content (AvgIpc) is 2.82. The third-order valence-electron chi connectivity index (χ3n) is 5.93. The Balaban J connectivity index is 1.65. The van der Waals surface area contributed by atoms with Crippen LogP contribution in [0.2, 0.25) is 0 Å². The Morgan fingerprint density at radius 3 is 2.25 bits per heavy atom. The Morgan fingerprint density at radius 1 is 1.03 bits per heavy atom. The number of rotatable bonds is 10. The van der Waals surface area contributed by atoms with Gasteiger partial charge in [0.05, 0.1) is 24.5 Å². The molecule has 0 spiro atoms. The molecule has 0 radical (unpaired) electrons. The molecule has 3 N–H and O–H groups in total. The highest BCUT2D eigenvalue weighted by atomic mass is 32.2. The molecule has 3 rings (SSSR count). The van der Waals surface area contributed by atoms with Gasteiger partial charge in [-0.05, 0) is 31.0 Å². The van der Waals surface area contributed by atoms with Gasteiger partial charge in [-0.2, -0.15) is 0 Å². The Bertz CT molecular complexity index is 1140. The van der Waals surface area contributed by atoms with Crippen LogP contribution in [0.25, 0.3) is 0 Å². The summed E-state index contributed by atoms with van der Waals surface area (Å²) in [6.45, 7) is 5.46. The molecule has 1 heterocycles. The van der Waals surface area contributed by atoms with Gasteiger partial charge in [-0.25, -0.2) is 8.42 Å². The van der Waals surface area contributed by atoms with Gasteiger partial charge >= 0.3 is 0 Å². The molecular formula is C26H36N4O5S. The number of nitrogens with zero attached hydrogens (tertiary/aromatic N) is 2. The maximum absolute atomic E-state index is 13.4. The fourth-order valence-electron chi connectivity index (χ4n) is 4.00. The lowest BCUT2D eigenvalue weighted by molar-refractivity contribution is -0.139. The van der Waals surface area contributed by atoms with Crippen molar-refractivity contribution in [1.82, 2.24) is 10.2 Å². The van der Waals surface area contributed by atoms with Crippen molar-refractivity contribution in [2.24, 2.45) is 5.73 Å². The second kappa shape index (κ2) is 11.9. The van der Waals surface area contributed by atoms with E-state index in [0.717, 1.165) is 16.8 Å². The van der Waals surface area contributed by atoms with Gasteiger partial charge in [0.1, 0.15) is 6.04 Å². The Hall–Kier alpha value is -2.95. The average molecular weight is 517 g/mol. The fraction of sp³-hybridized carbons (Fsp3) is 0.462. The monoisotopic (exact) mass is 516 g/mol. The molecule has 9 nitrogen and oxygen atoms in total. The Kier molecular flexibility index (Phi) is 9.10. The summed E-state index contributed by atoms with van der Waals surface area (Å²) in [4.78, 5) is 29.8. The summed E-state index contributed by atoms with van der Waals surface area (Å²) in [5.41, 5.74) is 7.37. The summed E-state index contributed by atoms with van der Waals surface area (Å²) in [6, 6.07) is 16.2. The van der Waals surface area contributed by atoms with Gasteiger partial charge in [0, 0.05) is 38.1 Å². The van der Waals surface area contributed by atoms with Gasteiger partial charge in [0.25, 0.3) is 0 Å². The molecular weight excluding hydrogens is 480 g/mol. The van der Waals surface area contributed by atoms with Crippen molar-refractivity contribution in [3.63, 3.8) is 0 Å². The normalized spacial score (nSPS) is 15.4. The summed E-state index contributed by atoms with van der Waals surface area (Å²) in [7, 11) is -3.18. The van der Waals surface area contributed by atoms with E-state index < -0.39 is 27.3 Å². The van der Waals surface area contributed by atoms with Crippen LogP contribution in [0, 0.1) is 0 Å².